The standard InChI is InChI=1S/C26H32N2O3/c1-4-30-15-13-28(14-16-31-5-2)26-19-22(21-9-7-6-8-10-21)18-25(27-26)24-12-11-23(29)17-20(24)3/h6-12,17-19,29H,4-5,13-16H2,1-3H3. The summed E-state index contributed by atoms with van der Waals surface area (Å²) in [6.07, 6.45) is 0. The molecule has 1 heterocycles. The van der Waals surface area contributed by atoms with Gasteiger partial charge in [0.15, 0.2) is 0 Å². The highest BCUT2D eigenvalue weighted by molar-refractivity contribution is 5.75. The highest BCUT2D eigenvalue weighted by Gasteiger charge is 2.14. The molecule has 0 radical (unpaired) electrons. The van der Waals surface area contributed by atoms with E-state index in [2.05, 4.69) is 29.2 Å². The molecule has 0 amide bonds. The molecule has 1 N–H and O–H groups in total. The Bertz CT molecular complexity index is 950. The van der Waals surface area contributed by atoms with Crippen LogP contribution in [0.15, 0.2) is 60.7 Å². The zero-order chi connectivity index (χ0) is 22.1. The minimum Gasteiger partial charge on any atom is -0.508 e. The average molecular weight is 421 g/mol. The SMILES string of the molecule is CCOCCN(CCOCC)c1cc(-c2ccccc2)cc(-c2ccc(O)cc2C)n1. The zero-order valence-electron chi connectivity index (χ0n) is 18.7. The van der Waals surface area contributed by atoms with Gasteiger partial charge in [0, 0.05) is 31.9 Å². The number of phenols is 1. The third-order valence-corrected chi connectivity index (χ3v) is 5.15. The number of rotatable bonds is 11. The number of hydrogen-bond donors (Lipinski definition) is 1. The number of benzene rings is 2. The predicted molar refractivity (Wildman–Crippen MR) is 127 cm³/mol. The Balaban J connectivity index is 2.05. The second kappa shape index (κ2) is 11.5. The van der Waals surface area contributed by atoms with Crippen molar-refractivity contribution in [2.45, 2.75) is 20.8 Å². The van der Waals surface area contributed by atoms with E-state index in [0.29, 0.717) is 26.4 Å². The van der Waals surface area contributed by atoms with Crippen molar-refractivity contribution >= 4 is 5.82 Å². The fourth-order valence-corrected chi connectivity index (χ4v) is 3.53. The monoisotopic (exact) mass is 420 g/mol. The van der Waals surface area contributed by atoms with Gasteiger partial charge in [-0.3, -0.25) is 0 Å². The summed E-state index contributed by atoms with van der Waals surface area (Å²) in [5.74, 6) is 1.15. The normalized spacial score (nSPS) is 10.9. The first-order valence-electron chi connectivity index (χ1n) is 10.9. The maximum Gasteiger partial charge on any atom is 0.130 e. The van der Waals surface area contributed by atoms with Gasteiger partial charge >= 0.3 is 0 Å². The van der Waals surface area contributed by atoms with Gasteiger partial charge in [-0.1, -0.05) is 30.3 Å². The Labute approximate surface area is 185 Å². The first-order valence-corrected chi connectivity index (χ1v) is 10.9. The van der Waals surface area contributed by atoms with E-state index in [1.54, 1.807) is 12.1 Å². The quantitative estimate of drug-likeness (QED) is 0.426. The van der Waals surface area contributed by atoms with Gasteiger partial charge in [0.25, 0.3) is 0 Å². The molecule has 0 saturated heterocycles. The maximum absolute atomic E-state index is 9.84. The lowest BCUT2D eigenvalue weighted by Gasteiger charge is -2.25. The number of phenolic OH excluding ortho intramolecular Hbond substituents is 1. The first-order chi connectivity index (χ1) is 15.1. The summed E-state index contributed by atoms with van der Waals surface area (Å²) in [6, 6.07) is 20.0. The van der Waals surface area contributed by atoms with Crippen molar-refractivity contribution in [1.29, 1.82) is 0 Å². The van der Waals surface area contributed by atoms with E-state index >= 15 is 0 Å². The number of nitrogens with zero attached hydrogens (tertiary/aromatic N) is 2. The third-order valence-electron chi connectivity index (χ3n) is 5.15. The maximum atomic E-state index is 9.84. The van der Waals surface area contributed by atoms with Crippen LogP contribution in [-0.2, 0) is 9.47 Å². The van der Waals surface area contributed by atoms with E-state index in [-0.39, 0.29) is 5.75 Å². The van der Waals surface area contributed by atoms with Crippen LogP contribution in [0.2, 0.25) is 0 Å². The van der Waals surface area contributed by atoms with Crippen molar-refractivity contribution in [3.63, 3.8) is 0 Å². The molecule has 3 aromatic rings. The molecular weight excluding hydrogens is 388 g/mol. The molecule has 0 saturated carbocycles. The lowest BCUT2D eigenvalue weighted by Crippen LogP contribution is -2.32. The Morgan fingerprint density at radius 3 is 2.13 bits per heavy atom. The molecular formula is C26H32N2O3. The summed E-state index contributed by atoms with van der Waals surface area (Å²) < 4.78 is 11.2. The van der Waals surface area contributed by atoms with E-state index in [1.165, 1.54) is 0 Å². The number of ether oxygens (including phenoxy) is 2. The van der Waals surface area contributed by atoms with Gasteiger partial charge in [-0.15, -0.1) is 0 Å². The van der Waals surface area contributed by atoms with E-state index in [1.807, 2.05) is 45.0 Å². The van der Waals surface area contributed by atoms with Crippen LogP contribution >= 0.6 is 0 Å². The highest BCUT2D eigenvalue weighted by atomic mass is 16.5. The second-order valence-electron chi connectivity index (χ2n) is 7.35. The van der Waals surface area contributed by atoms with Crippen molar-refractivity contribution in [3.05, 3.63) is 66.2 Å². The number of hydrogen-bond acceptors (Lipinski definition) is 5. The summed E-state index contributed by atoms with van der Waals surface area (Å²) in [4.78, 5) is 7.23. The summed E-state index contributed by atoms with van der Waals surface area (Å²) in [5, 5.41) is 9.84. The Morgan fingerprint density at radius 1 is 0.839 bits per heavy atom. The van der Waals surface area contributed by atoms with Crippen molar-refractivity contribution < 1.29 is 14.6 Å². The molecule has 0 fully saturated rings. The molecule has 2 aromatic carbocycles. The highest BCUT2D eigenvalue weighted by Crippen LogP contribution is 2.32. The van der Waals surface area contributed by atoms with Gasteiger partial charge in [0.05, 0.1) is 18.9 Å². The lowest BCUT2D eigenvalue weighted by molar-refractivity contribution is 0.141. The smallest absolute Gasteiger partial charge is 0.130 e. The van der Waals surface area contributed by atoms with Gasteiger partial charge < -0.3 is 19.5 Å². The van der Waals surface area contributed by atoms with Gasteiger partial charge in [-0.25, -0.2) is 4.98 Å². The number of anilines is 1. The van der Waals surface area contributed by atoms with E-state index < -0.39 is 0 Å². The first kappa shape index (κ1) is 22.8. The molecule has 5 nitrogen and oxygen atoms in total. The fourth-order valence-electron chi connectivity index (χ4n) is 3.53. The van der Waals surface area contributed by atoms with E-state index in [4.69, 9.17) is 14.5 Å². The molecule has 0 atom stereocenters. The molecule has 0 unspecified atom stereocenters. The second-order valence-corrected chi connectivity index (χ2v) is 7.35. The summed E-state index contributed by atoms with van der Waals surface area (Å²) in [5.41, 5.74) is 5.11. The summed E-state index contributed by atoms with van der Waals surface area (Å²) in [7, 11) is 0. The molecule has 0 bridgehead atoms. The van der Waals surface area contributed by atoms with E-state index in [9.17, 15) is 5.11 Å². The minimum atomic E-state index is 0.260. The Hall–Kier alpha value is -2.89. The van der Waals surface area contributed by atoms with Crippen LogP contribution in [0, 0.1) is 6.92 Å². The van der Waals surface area contributed by atoms with Gasteiger partial charge in [0.2, 0.25) is 0 Å². The minimum absolute atomic E-state index is 0.260. The van der Waals surface area contributed by atoms with Crippen LogP contribution in [0.4, 0.5) is 5.82 Å². The third kappa shape index (κ3) is 6.29. The lowest BCUT2D eigenvalue weighted by atomic mass is 10.00. The van der Waals surface area contributed by atoms with E-state index in [0.717, 1.165) is 46.9 Å². The van der Waals surface area contributed by atoms with Crippen molar-refractivity contribution in [2.24, 2.45) is 0 Å². The molecule has 0 aliphatic carbocycles. The summed E-state index contributed by atoms with van der Waals surface area (Å²) >= 11 is 0. The number of pyridine rings is 1. The van der Waals surface area contributed by atoms with Crippen LogP contribution in [0.1, 0.15) is 19.4 Å². The van der Waals surface area contributed by atoms with Crippen LogP contribution in [0.3, 0.4) is 0 Å². The van der Waals surface area contributed by atoms with Crippen LogP contribution in [0.25, 0.3) is 22.4 Å². The largest absolute Gasteiger partial charge is 0.508 e. The predicted octanol–water partition coefficient (Wildman–Crippen LogP) is 5.31. The Kier molecular flexibility index (Phi) is 8.44. The molecule has 0 aliphatic rings. The molecule has 3 rings (SSSR count). The molecule has 0 spiro atoms. The fraction of sp³-hybridized carbons (Fsp3) is 0.346. The average Bonchev–Trinajstić information content (AvgIpc) is 2.78. The number of aromatic hydroxyl groups is 1. The molecule has 0 aliphatic heterocycles. The molecule has 31 heavy (non-hydrogen) atoms. The number of aryl methyl sites for hydroxylation is 1. The van der Waals surface area contributed by atoms with Crippen molar-refractivity contribution in [2.75, 3.05) is 44.4 Å². The molecule has 5 heteroatoms. The summed E-state index contributed by atoms with van der Waals surface area (Å²) in [6.45, 7) is 10.1. The van der Waals surface area contributed by atoms with Crippen molar-refractivity contribution in [3.8, 4) is 28.1 Å². The van der Waals surface area contributed by atoms with Crippen LogP contribution in [0.5, 0.6) is 5.75 Å². The molecule has 1 aromatic heterocycles. The van der Waals surface area contributed by atoms with Crippen LogP contribution < -0.4 is 4.90 Å². The topological polar surface area (TPSA) is 54.8 Å². The zero-order valence-corrected chi connectivity index (χ0v) is 18.7. The van der Waals surface area contributed by atoms with Crippen molar-refractivity contribution in [1.82, 2.24) is 4.98 Å². The van der Waals surface area contributed by atoms with Gasteiger partial charge in [-0.05, 0) is 67.8 Å². The Morgan fingerprint density at radius 2 is 1.52 bits per heavy atom. The van der Waals surface area contributed by atoms with Gasteiger partial charge in [0.1, 0.15) is 11.6 Å². The van der Waals surface area contributed by atoms with Crippen LogP contribution in [-0.4, -0.2) is 49.6 Å². The molecule has 164 valence electrons. The number of aromatic nitrogens is 1. The van der Waals surface area contributed by atoms with Gasteiger partial charge in [-0.2, -0.15) is 0 Å².